The van der Waals surface area contributed by atoms with E-state index in [1.54, 1.807) is 18.2 Å². The Hall–Kier alpha value is -2.64. The van der Waals surface area contributed by atoms with Crippen LogP contribution in [0.4, 0.5) is 17.1 Å². The molecular formula is C17H16ClN3O4. The number of benzene rings is 2. The van der Waals surface area contributed by atoms with Crippen LogP contribution in [0, 0.1) is 10.1 Å². The average Bonchev–Trinajstić information content (AvgIpc) is 2.62. The number of halogens is 1. The van der Waals surface area contributed by atoms with Crippen LogP contribution >= 0.6 is 11.6 Å². The molecule has 0 saturated carbocycles. The number of nitrogens with zero attached hydrogens (tertiary/aromatic N) is 2. The summed E-state index contributed by atoms with van der Waals surface area (Å²) < 4.78 is 5.35. The van der Waals surface area contributed by atoms with Gasteiger partial charge in [-0.05, 0) is 24.3 Å². The number of amides is 1. The van der Waals surface area contributed by atoms with E-state index in [0.29, 0.717) is 37.0 Å². The molecule has 0 spiro atoms. The molecule has 0 radical (unpaired) electrons. The Bertz CT molecular complexity index is 806. The molecule has 0 aromatic heterocycles. The Kier molecular flexibility index (Phi) is 5.16. The first-order valence-corrected chi connectivity index (χ1v) is 8.11. The number of nitro groups is 1. The van der Waals surface area contributed by atoms with E-state index in [9.17, 15) is 14.9 Å². The van der Waals surface area contributed by atoms with Crippen LogP contribution in [0.1, 0.15) is 10.4 Å². The number of rotatable bonds is 4. The quantitative estimate of drug-likeness (QED) is 0.667. The molecule has 3 rings (SSSR count). The maximum Gasteiger partial charge on any atom is 0.282 e. The van der Waals surface area contributed by atoms with Gasteiger partial charge in [-0.1, -0.05) is 23.7 Å². The smallest absolute Gasteiger partial charge is 0.282 e. The lowest BCUT2D eigenvalue weighted by Gasteiger charge is -2.30. The van der Waals surface area contributed by atoms with Gasteiger partial charge in [-0.15, -0.1) is 0 Å². The van der Waals surface area contributed by atoms with Crippen molar-refractivity contribution in [1.82, 2.24) is 0 Å². The fourth-order valence-corrected chi connectivity index (χ4v) is 2.87. The highest BCUT2D eigenvalue weighted by atomic mass is 35.5. The molecule has 1 fully saturated rings. The molecule has 25 heavy (non-hydrogen) atoms. The molecule has 1 aliphatic rings. The molecule has 1 saturated heterocycles. The second kappa shape index (κ2) is 7.50. The summed E-state index contributed by atoms with van der Waals surface area (Å²) in [5.41, 5.74) is 1.08. The molecule has 8 heteroatoms. The molecular weight excluding hydrogens is 346 g/mol. The van der Waals surface area contributed by atoms with Gasteiger partial charge in [-0.25, -0.2) is 0 Å². The third-order valence-electron chi connectivity index (χ3n) is 3.90. The number of morpholine rings is 1. The zero-order valence-electron chi connectivity index (χ0n) is 13.3. The van der Waals surface area contributed by atoms with E-state index in [0.717, 1.165) is 5.69 Å². The van der Waals surface area contributed by atoms with Crippen molar-refractivity contribution in [2.45, 2.75) is 0 Å². The van der Waals surface area contributed by atoms with Crippen LogP contribution < -0.4 is 10.2 Å². The largest absolute Gasteiger partial charge is 0.378 e. The van der Waals surface area contributed by atoms with Gasteiger partial charge in [0.2, 0.25) is 0 Å². The van der Waals surface area contributed by atoms with E-state index in [2.05, 4.69) is 10.2 Å². The molecule has 7 nitrogen and oxygen atoms in total. The summed E-state index contributed by atoms with van der Waals surface area (Å²) in [4.78, 5) is 25.2. The number of anilines is 2. The van der Waals surface area contributed by atoms with Gasteiger partial charge >= 0.3 is 0 Å². The summed E-state index contributed by atoms with van der Waals surface area (Å²) in [5.74, 6) is -0.552. The van der Waals surface area contributed by atoms with Crippen LogP contribution in [0.15, 0.2) is 42.5 Å². The minimum Gasteiger partial charge on any atom is -0.378 e. The molecule has 0 atom stereocenters. The predicted octanol–water partition coefficient (Wildman–Crippen LogP) is 3.34. The lowest BCUT2D eigenvalue weighted by atomic mass is 10.1. The summed E-state index contributed by atoms with van der Waals surface area (Å²) >= 11 is 6.06. The summed E-state index contributed by atoms with van der Waals surface area (Å²) in [6.45, 7) is 2.58. The van der Waals surface area contributed by atoms with Crippen LogP contribution in [-0.4, -0.2) is 37.1 Å². The van der Waals surface area contributed by atoms with Gasteiger partial charge in [-0.3, -0.25) is 14.9 Å². The molecule has 1 N–H and O–H groups in total. The SMILES string of the molecule is O=C(Nc1cc(Cl)ccc1N1CCOCC1)c1ccccc1[N+](=O)[O-]. The molecule has 2 aromatic rings. The van der Waals surface area contributed by atoms with Crippen molar-refractivity contribution in [3.05, 3.63) is 63.2 Å². The van der Waals surface area contributed by atoms with Gasteiger partial charge < -0.3 is 15.0 Å². The van der Waals surface area contributed by atoms with Crippen LogP contribution in [-0.2, 0) is 4.74 Å². The molecule has 0 bridgehead atoms. The number of nitro benzene ring substituents is 1. The second-order valence-corrected chi connectivity index (χ2v) is 5.93. The summed E-state index contributed by atoms with van der Waals surface area (Å²) in [6.07, 6.45) is 0. The fraction of sp³-hybridized carbons (Fsp3) is 0.235. The molecule has 1 heterocycles. The summed E-state index contributed by atoms with van der Waals surface area (Å²) in [7, 11) is 0. The van der Waals surface area contributed by atoms with E-state index in [1.807, 2.05) is 6.07 Å². The third-order valence-corrected chi connectivity index (χ3v) is 4.14. The van der Waals surface area contributed by atoms with E-state index in [1.165, 1.54) is 18.2 Å². The Balaban J connectivity index is 1.91. The normalized spacial score (nSPS) is 14.2. The Morgan fingerprint density at radius 2 is 1.92 bits per heavy atom. The zero-order valence-corrected chi connectivity index (χ0v) is 14.0. The lowest BCUT2D eigenvalue weighted by Crippen LogP contribution is -2.36. The van der Waals surface area contributed by atoms with Gasteiger partial charge in [0, 0.05) is 24.2 Å². The minimum atomic E-state index is -0.574. The molecule has 0 aliphatic carbocycles. The van der Waals surface area contributed by atoms with Crippen molar-refractivity contribution in [3.63, 3.8) is 0 Å². The molecule has 1 aliphatic heterocycles. The number of carbonyl (C=O) groups excluding carboxylic acids is 1. The maximum atomic E-state index is 12.6. The van der Waals surface area contributed by atoms with Crippen LogP contribution in [0.2, 0.25) is 5.02 Å². The van der Waals surface area contributed by atoms with Crippen LogP contribution in [0.25, 0.3) is 0 Å². The van der Waals surface area contributed by atoms with Crippen molar-refractivity contribution < 1.29 is 14.5 Å². The van der Waals surface area contributed by atoms with E-state index in [4.69, 9.17) is 16.3 Å². The Morgan fingerprint density at radius 1 is 1.20 bits per heavy atom. The topological polar surface area (TPSA) is 84.7 Å². The monoisotopic (exact) mass is 361 g/mol. The molecule has 2 aromatic carbocycles. The van der Waals surface area contributed by atoms with Crippen LogP contribution in [0.5, 0.6) is 0 Å². The lowest BCUT2D eigenvalue weighted by molar-refractivity contribution is -0.385. The fourth-order valence-electron chi connectivity index (χ4n) is 2.70. The summed E-state index contributed by atoms with van der Waals surface area (Å²) in [6, 6.07) is 11.0. The average molecular weight is 362 g/mol. The first-order valence-electron chi connectivity index (χ1n) is 7.73. The van der Waals surface area contributed by atoms with Crippen molar-refractivity contribution in [3.8, 4) is 0 Å². The Morgan fingerprint density at radius 3 is 2.64 bits per heavy atom. The van der Waals surface area contributed by atoms with Gasteiger partial charge in [0.25, 0.3) is 11.6 Å². The number of hydrogen-bond acceptors (Lipinski definition) is 5. The molecule has 1 amide bonds. The number of para-hydroxylation sites is 1. The van der Waals surface area contributed by atoms with Crippen molar-refractivity contribution in [2.24, 2.45) is 0 Å². The van der Waals surface area contributed by atoms with Gasteiger partial charge in [0.1, 0.15) is 5.56 Å². The van der Waals surface area contributed by atoms with Gasteiger partial charge in [0.15, 0.2) is 0 Å². The third kappa shape index (κ3) is 3.89. The highest BCUT2D eigenvalue weighted by Gasteiger charge is 2.22. The molecule has 0 unspecified atom stereocenters. The first kappa shape index (κ1) is 17.2. The first-order chi connectivity index (χ1) is 12.1. The second-order valence-electron chi connectivity index (χ2n) is 5.49. The van der Waals surface area contributed by atoms with Gasteiger partial charge in [-0.2, -0.15) is 0 Å². The van der Waals surface area contributed by atoms with E-state index in [-0.39, 0.29) is 11.3 Å². The highest BCUT2D eigenvalue weighted by Crippen LogP contribution is 2.31. The van der Waals surface area contributed by atoms with Crippen molar-refractivity contribution >= 4 is 34.6 Å². The van der Waals surface area contributed by atoms with Crippen molar-refractivity contribution in [1.29, 1.82) is 0 Å². The van der Waals surface area contributed by atoms with Crippen LogP contribution in [0.3, 0.4) is 0 Å². The van der Waals surface area contributed by atoms with E-state index >= 15 is 0 Å². The van der Waals surface area contributed by atoms with E-state index < -0.39 is 10.8 Å². The standard InChI is InChI=1S/C17H16ClN3O4/c18-12-5-6-16(20-7-9-25-10-8-20)14(11-12)19-17(22)13-3-1-2-4-15(13)21(23)24/h1-6,11H,7-10H2,(H,19,22). The number of carbonyl (C=O) groups is 1. The number of nitrogens with one attached hydrogen (secondary N) is 1. The summed E-state index contributed by atoms with van der Waals surface area (Å²) in [5, 5.41) is 14.3. The minimum absolute atomic E-state index is 0.000373. The zero-order chi connectivity index (χ0) is 17.8. The predicted molar refractivity (Wildman–Crippen MR) is 95.5 cm³/mol. The van der Waals surface area contributed by atoms with Crippen molar-refractivity contribution in [2.75, 3.05) is 36.5 Å². The highest BCUT2D eigenvalue weighted by molar-refractivity contribution is 6.31. The maximum absolute atomic E-state index is 12.6. The molecule has 130 valence electrons. The Labute approximate surface area is 149 Å². The van der Waals surface area contributed by atoms with Gasteiger partial charge in [0.05, 0.1) is 29.5 Å². The number of hydrogen-bond donors (Lipinski definition) is 1. The number of ether oxygens (including phenoxy) is 1.